The normalized spacial score (nSPS) is 13.7. The van der Waals surface area contributed by atoms with E-state index in [0.717, 1.165) is 36.4 Å². The third-order valence-corrected chi connectivity index (χ3v) is 4.16. The Morgan fingerprint density at radius 2 is 2.00 bits per heavy atom. The minimum Gasteiger partial charge on any atom is -0.493 e. The van der Waals surface area contributed by atoms with E-state index in [-0.39, 0.29) is 5.91 Å². The molecule has 0 saturated heterocycles. The molecule has 1 aromatic carbocycles. The van der Waals surface area contributed by atoms with Gasteiger partial charge in [0.15, 0.2) is 0 Å². The first-order valence-corrected chi connectivity index (χ1v) is 8.68. The molecule has 2 heterocycles. The van der Waals surface area contributed by atoms with Crippen LogP contribution < -0.4 is 4.74 Å². The van der Waals surface area contributed by atoms with Crippen molar-refractivity contribution >= 4 is 5.91 Å². The highest BCUT2D eigenvalue weighted by molar-refractivity contribution is 5.93. The van der Waals surface area contributed by atoms with Crippen molar-refractivity contribution in [1.82, 2.24) is 14.5 Å². The van der Waals surface area contributed by atoms with Crippen LogP contribution in [0.5, 0.6) is 5.75 Å². The molecule has 0 fully saturated rings. The van der Waals surface area contributed by atoms with E-state index in [9.17, 15) is 4.79 Å². The molecule has 128 valence electrons. The van der Waals surface area contributed by atoms with Crippen molar-refractivity contribution in [3.8, 4) is 17.0 Å². The average molecular weight is 327 g/mol. The molecule has 0 N–H and O–H groups in total. The number of aromatic nitrogens is 2. The molecule has 0 atom stereocenters. The summed E-state index contributed by atoms with van der Waals surface area (Å²) < 4.78 is 7.73. The van der Waals surface area contributed by atoms with Gasteiger partial charge in [0.2, 0.25) is 5.82 Å². The van der Waals surface area contributed by atoms with Gasteiger partial charge in [-0.25, -0.2) is 4.98 Å². The van der Waals surface area contributed by atoms with Crippen LogP contribution in [-0.4, -0.2) is 33.5 Å². The molecule has 1 amide bonds. The van der Waals surface area contributed by atoms with Gasteiger partial charge in [-0.1, -0.05) is 27.2 Å². The zero-order chi connectivity index (χ0) is 17.1. The quantitative estimate of drug-likeness (QED) is 0.777. The molecule has 0 spiro atoms. The summed E-state index contributed by atoms with van der Waals surface area (Å²) >= 11 is 0. The van der Waals surface area contributed by atoms with Gasteiger partial charge in [0.25, 0.3) is 5.91 Å². The van der Waals surface area contributed by atoms with E-state index in [2.05, 4.69) is 25.8 Å². The van der Waals surface area contributed by atoms with Crippen LogP contribution >= 0.6 is 0 Å². The van der Waals surface area contributed by atoms with Gasteiger partial charge in [-0.15, -0.1) is 0 Å². The second-order valence-electron chi connectivity index (χ2n) is 6.69. The van der Waals surface area contributed by atoms with Crippen LogP contribution in [0, 0.1) is 5.92 Å². The zero-order valence-corrected chi connectivity index (χ0v) is 14.7. The molecule has 0 aliphatic carbocycles. The maximum absolute atomic E-state index is 12.4. The third kappa shape index (κ3) is 3.30. The van der Waals surface area contributed by atoms with E-state index < -0.39 is 0 Å². The van der Waals surface area contributed by atoms with Crippen molar-refractivity contribution in [1.29, 1.82) is 0 Å². The number of rotatable bonds is 7. The predicted octanol–water partition coefficient (Wildman–Crippen LogP) is 3.80. The molecule has 5 heteroatoms. The second kappa shape index (κ2) is 7.07. The van der Waals surface area contributed by atoms with Gasteiger partial charge in [-0.05, 0) is 36.6 Å². The first-order valence-electron chi connectivity index (χ1n) is 8.68. The van der Waals surface area contributed by atoms with Crippen molar-refractivity contribution in [2.75, 3.05) is 13.2 Å². The fraction of sp³-hybridized carbons (Fsp3) is 0.474. The van der Waals surface area contributed by atoms with Crippen molar-refractivity contribution < 1.29 is 9.53 Å². The summed E-state index contributed by atoms with van der Waals surface area (Å²) in [7, 11) is 0. The van der Waals surface area contributed by atoms with Crippen molar-refractivity contribution in [3.63, 3.8) is 0 Å². The van der Waals surface area contributed by atoms with Crippen LogP contribution in [0.1, 0.15) is 44.2 Å². The lowest BCUT2D eigenvalue weighted by molar-refractivity contribution is 0.0764. The largest absolute Gasteiger partial charge is 0.493 e. The second-order valence-corrected chi connectivity index (χ2v) is 6.69. The number of hydrogen-bond acceptors (Lipinski definition) is 3. The van der Waals surface area contributed by atoms with Crippen LogP contribution in [0.15, 0.2) is 30.5 Å². The minimum absolute atomic E-state index is 0.0339. The molecule has 0 bridgehead atoms. The van der Waals surface area contributed by atoms with E-state index in [1.165, 1.54) is 0 Å². The number of amides is 1. The van der Waals surface area contributed by atoms with E-state index in [0.29, 0.717) is 25.0 Å². The molecule has 0 saturated carbocycles. The van der Waals surface area contributed by atoms with Crippen molar-refractivity contribution in [3.05, 3.63) is 36.3 Å². The van der Waals surface area contributed by atoms with E-state index in [1.54, 1.807) is 6.20 Å². The Labute approximate surface area is 143 Å². The number of imidazole rings is 1. The summed E-state index contributed by atoms with van der Waals surface area (Å²) in [4.78, 5) is 18.6. The highest BCUT2D eigenvalue weighted by Gasteiger charge is 2.30. The molecule has 24 heavy (non-hydrogen) atoms. The minimum atomic E-state index is 0.0339. The summed E-state index contributed by atoms with van der Waals surface area (Å²) in [6.45, 7) is 8.49. The Morgan fingerprint density at radius 3 is 2.67 bits per heavy atom. The number of fused-ring (bicyclic) bond motifs is 1. The monoisotopic (exact) mass is 327 g/mol. The smallest absolute Gasteiger partial charge is 0.291 e. The summed E-state index contributed by atoms with van der Waals surface area (Å²) in [5, 5.41) is 0. The van der Waals surface area contributed by atoms with Gasteiger partial charge < -0.3 is 14.2 Å². The van der Waals surface area contributed by atoms with Crippen LogP contribution in [0.3, 0.4) is 0 Å². The predicted molar refractivity (Wildman–Crippen MR) is 93.9 cm³/mol. The molecule has 5 nitrogen and oxygen atoms in total. The molecule has 0 radical (unpaired) electrons. The van der Waals surface area contributed by atoms with Gasteiger partial charge >= 0.3 is 0 Å². The number of ether oxygens (including phenoxy) is 1. The van der Waals surface area contributed by atoms with Crippen LogP contribution in [0.25, 0.3) is 11.3 Å². The number of unbranched alkanes of at least 4 members (excludes halogenated alkanes) is 1. The van der Waals surface area contributed by atoms with E-state index >= 15 is 0 Å². The van der Waals surface area contributed by atoms with Crippen LogP contribution in [0.2, 0.25) is 0 Å². The number of benzene rings is 1. The van der Waals surface area contributed by atoms with Crippen molar-refractivity contribution in [2.45, 2.75) is 40.3 Å². The molecule has 3 rings (SSSR count). The maximum Gasteiger partial charge on any atom is 0.291 e. The number of nitrogens with zero attached hydrogens (tertiary/aromatic N) is 3. The third-order valence-electron chi connectivity index (χ3n) is 4.16. The standard InChI is InChI=1S/C19H25N3O2/c1-4-5-10-21-13-22-17(11-20-18(22)19(21)23)15-6-8-16(9-7-15)24-12-14(2)3/h6-9,11,14H,4-5,10,12-13H2,1-3H3. The highest BCUT2D eigenvalue weighted by atomic mass is 16.5. The van der Waals surface area contributed by atoms with Crippen LogP contribution in [-0.2, 0) is 6.67 Å². The average Bonchev–Trinajstić information content (AvgIpc) is 3.12. The Hall–Kier alpha value is -2.30. The Bertz CT molecular complexity index is 704. The lowest BCUT2D eigenvalue weighted by Crippen LogP contribution is -2.25. The lowest BCUT2D eigenvalue weighted by atomic mass is 10.1. The molecule has 2 aromatic rings. The van der Waals surface area contributed by atoms with Crippen LogP contribution in [0.4, 0.5) is 0 Å². The molecule has 1 aliphatic rings. The molecule has 0 unspecified atom stereocenters. The van der Waals surface area contributed by atoms with Gasteiger partial charge in [0.05, 0.1) is 25.2 Å². The van der Waals surface area contributed by atoms with Gasteiger partial charge in [-0.3, -0.25) is 4.79 Å². The lowest BCUT2D eigenvalue weighted by Gasteiger charge is -2.15. The highest BCUT2D eigenvalue weighted by Crippen LogP contribution is 2.27. The SMILES string of the molecule is CCCCN1Cn2c(-c3ccc(OCC(C)C)cc3)cnc2C1=O. The summed E-state index contributed by atoms with van der Waals surface area (Å²) in [5.41, 5.74) is 2.03. The van der Waals surface area contributed by atoms with E-state index in [1.807, 2.05) is 33.7 Å². The number of carbonyl (C=O) groups is 1. The fourth-order valence-corrected chi connectivity index (χ4v) is 2.80. The summed E-state index contributed by atoms with van der Waals surface area (Å²) in [5.74, 6) is 1.95. The Balaban J connectivity index is 1.76. The first kappa shape index (κ1) is 16.6. The molecule has 1 aliphatic heterocycles. The van der Waals surface area contributed by atoms with Gasteiger partial charge in [0, 0.05) is 12.1 Å². The summed E-state index contributed by atoms with van der Waals surface area (Å²) in [6.07, 6.45) is 3.89. The van der Waals surface area contributed by atoms with Gasteiger partial charge in [-0.2, -0.15) is 0 Å². The number of hydrogen-bond donors (Lipinski definition) is 0. The summed E-state index contributed by atoms with van der Waals surface area (Å²) in [6, 6.07) is 8.00. The van der Waals surface area contributed by atoms with E-state index in [4.69, 9.17) is 4.74 Å². The molecular formula is C19H25N3O2. The first-order chi connectivity index (χ1) is 11.6. The topological polar surface area (TPSA) is 47.4 Å². The molecular weight excluding hydrogens is 302 g/mol. The Kier molecular flexibility index (Phi) is 4.88. The fourth-order valence-electron chi connectivity index (χ4n) is 2.80. The maximum atomic E-state index is 12.4. The molecule has 1 aromatic heterocycles. The van der Waals surface area contributed by atoms with Gasteiger partial charge in [0.1, 0.15) is 5.75 Å². The zero-order valence-electron chi connectivity index (χ0n) is 14.7. The van der Waals surface area contributed by atoms with Crippen molar-refractivity contribution in [2.24, 2.45) is 5.92 Å². The Morgan fingerprint density at radius 1 is 1.25 bits per heavy atom. The number of carbonyl (C=O) groups excluding carboxylic acids is 1.